The molecule has 0 spiro atoms. The number of nitrogens with two attached hydrogens (primary N) is 1. The first kappa shape index (κ1) is 10.0. The molecule has 0 aliphatic carbocycles. The molecule has 1 rings (SSSR count). The van der Waals surface area contributed by atoms with Crippen molar-refractivity contribution in [1.82, 2.24) is 5.32 Å². The van der Waals surface area contributed by atoms with Crippen LogP contribution in [0.5, 0.6) is 5.75 Å². The van der Waals surface area contributed by atoms with Crippen LogP contribution in [0.2, 0.25) is 0 Å². The Bertz CT molecular complexity index is 274. The van der Waals surface area contributed by atoms with Gasteiger partial charge in [0.05, 0.1) is 7.11 Å². The third kappa shape index (κ3) is 2.44. The Morgan fingerprint density at radius 2 is 2.23 bits per heavy atom. The first-order valence-electron chi connectivity index (χ1n) is 4.32. The lowest BCUT2D eigenvalue weighted by Crippen LogP contribution is -2.08. The van der Waals surface area contributed by atoms with E-state index in [0.717, 1.165) is 23.4 Å². The van der Waals surface area contributed by atoms with Crippen molar-refractivity contribution in [1.29, 1.82) is 0 Å². The lowest BCUT2D eigenvalue weighted by atomic mass is 10.1. The van der Waals surface area contributed by atoms with Crippen molar-refractivity contribution in [2.45, 2.75) is 13.1 Å². The van der Waals surface area contributed by atoms with Crippen molar-refractivity contribution in [3.63, 3.8) is 0 Å². The highest BCUT2D eigenvalue weighted by atomic mass is 16.5. The summed E-state index contributed by atoms with van der Waals surface area (Å²) < 4.78 is 5.22. The van der Waals surface area contributed by atoms with E-state index in [2.05, 4.69) is 11.4 Å². The molecule has 0 fully saturated rings. The van der Waals surface area contributed by atoms with E-state index in [-0.39, 0.29) is 0 Å². The Kier molecular flexibility index (Phi) is 3.73. The average molecular weight is 180 g/mol. The van der Waals surface area contributed by atoms with Crippen molar-refractivity contribution >= 4 is 0 Å². The van der Waals surface area contributed by atoms with E-state index in [9.17, 15) is 0 Å². The van der Waals surface area contributed by atoms with Crippen LogP contribution in [0.3, 0.4) is 0 Å². The predicted octanol–water partition coefficient (Wildman–Crippen LogP) is 0.873. The molecule has 0 saturated heterocycles. The number of hydrogen-bond donors (Lipinski definition) is 2. The van der Waals surface area contributed by atoms with Crippen LogP contribution in [0.1, 0.15) is 11.1 Å². The predicted molar refractivity (Wildman–Crippen MR) is 53.6 cm³/mol. The molecule has 0 aliphatic rings. The number of rotatable bonds is 4. The molecule has 1 aromatic carbocycles. The van der Waals surface area contributed by atoms with Crippen molar-refractivity contribution in [3.05, 3.63) is 29.3 Å². The third-order valence-electron chi connectivity index (χ3n) is 1.95. The first-order chi connectivity index (χ1) is 6.31. The van der Waals surface area contributed by atoms with Gasteiger partial charge >= 0.3 is 0 Å². The van der Waals surface area contributed by atoms with E-state index >= 15 is 0 Å². The fourth-order valence-electron chi connectivity index (χ4n) is 1.29. The molecule has 0 heterocycles. The van der Waals surface area contributed by atoms with Gasteiger partial charge in [0.15, 0.2) is 0 Å². The van der Waals surface area contributed by atoms with Gasteiger partial charge in [0.25, 0.3) is 0 Å². The maximum atomic E-state index is 5.55. The Morgan fingerprint density at radius 3 is 2.77 bits per heavy atom. The van der Waals surface area contributed by atoms with Crippen LogP contribution in [-0.4, -0.2) is 14.2 Å². The summed E-state index contributed by atoms with van der Waals surface area (Å²) in [5.74, 6) is 0.909. The van der Waals surface area contributed by atoms with Crippen molar-refractivity contribution in [3.8, 4) is 5.75 Å². The molecule has 3 heteroatoms. The maximum absolute atomic E-state index is 5.55. The SMILES string of the molecule is CNCc1cc(CN)ccc1OC. The van der Waals surface area contributed by atoms with Crippen molar-refractivity contribution in [2.24, 2.45) is 5.73 Å². The zero-order chi connectivity index (χ0) is 9.68. The van der Waals surface area contributed by atoms with Crippen LogP contribution < -0.4 is 15.8 Å². The zero-order valence-electron chi connectivity index (χ0n) is 8.13. The molecule has 3 nitrogen and oxygen atoms in total. The number of benzene rings is 1. The second-order valence-corrected chi connectivity index (χ2v) is 2.88. The molecule has 0 aliphatic heterocycles. The average Bonchev–Trinajstić information content (AvgIpc) is 2.18. The van der Waals surface area contributed by atoms with E-state index < -0.39 is 0 Å². The van der Waals surface area contributed by atoms with E-state index in [1.165, 1.54) is 0 Å². The van der Waals surface area contributed by atoms with Gasteiger partial charge in [-0.05, 0) is 24.7 Å². The summed E-state index contributed by atoms with van der Waals surface area (Å²) in [5.41, 5.74) is 7.82. The molecule has 0 atom stereocenters. The highest BCUT2D eigenvalue weighted by molar-refractivity contribution is 5.37. The normalized spacial score (nSPS) is 10.1. The topological polar surface area (TPSA) is 47.3 Å². The molecule has 0 aromatic heterocycles. The lowest BCUT2D eigenvalue weighted by molar-refractivity contribution is 0.408. The van der Waals surface area contributed by atoms with Gasteiger partial charge in [-0.3, -0.25) is 0 Å². The summed E-state index contributed by atoms with van der Waals surface area (Å²) >= 11 is 0. The van der Waals surface area contributed by atoms with Gasteiger partial charge in [0.2, 0.25) is 0 Å². The van der Waals surface area contributed by atoms with Crippen LogP contribution in [0, 0.1) is 0 Å². The largest absolute Gasteiger partial charge is 0.496 e. The second kappa shape index (κ2) is 4.84. The number of nitrogens with one attached hydrogen (secondary N) is 1. The smallest absolute Gasteiger partial charge is 0.123 e. The molecule has 0 unspecified atom stereocenters. The minimum Gasteiger partial charge on any atom is -0.496 e. The zero-order valence-corrected chi connectivity index (χ0v) is 8.13. The van der Waals surface area contributed by atoms with Crippen LogP contribution in [-0.2, 0) is 13.1 Å². The molecule has 1 aromatic rings. The Hall–Kier alpha value is -1.06. The molecule has 72 valence electrons. The quantitative estimate of drug-likeness (QED) is 0.723. The van der Waals surface area contributed by atoms with Crippen LogP contribution >= 0.6 is 0 Å². The molecule has 0 amide bonds. The number of ether oxygens (including phenoxy) is 1. The summed E-state index contributed by atoms with van der Waals surface area (Å²) in [6.07, 6.45) is 0. The summed E-state index contributed by atoms with van der Waals surface area (Å²) in [5, 5.41) is 3.09. The molecular weight excluding hydrogens is 164 g/mol. The minimum absolute atomic E-state index is 0.570. The van der Waals surface area contributed by atoms with Crippen LogP contribution in [0.15, 0.2) is 18.2 Å². The van der Waals surface area contributed by atoms with Gasteiger partial charge in [0, 0.05) is 18.7 Å². The summed E-state index contributed by atoms with van der Waals surface area (Å²) in [6.45, 7) is 1.37. The Labute approximate surface area is 78.9 Å². The maximum Gasteiger partial charge on any atom is 0.123 e. The van der Waals surface area contributed by atoms with Gasteiger partial charge < -0.3 is 15.8 Å². The summed E-state index contributed by atoms with van der Waals surface area (Å²) in [7, 11) is 3.59. The van der Waals surface area contributed by atoms with Gasteiger partial charge in [-0.15, -0.1) is 0 Å². The van der Waals surface area contributed by atoms with Crippen LogP contribution in [0.25, 0.3) is 0 Å². The first-order valence-corrected chi connectivity index (χ1v) is 4.32. The standard InChI is InChI=1S/C10H16N2O/c1-12-7-9-5-8(6-11)3-4-10(9)13-2/h3-5,12H,6-7,11H2,1-2H3. The van der Waals surface area contributed by atoms with Crippen molar-refractivity contribution < 1.29 is 4.74 Å². The third-order valence-corrected chi connectivity index (χ3v) is 1.95. The van der Waals surface area contributed by atoms with Gasteiger partial charge in [-0.2, -0.15) is 0 Å². The fraction of sp³-hybridized carbons (Fsp3) is 0.400. The molecular formula is C10H16N2O. The summed E-state index contributed by atoms with van der Waals surface area (Å²) in [4.78, 5) is 0. The lowest BCUT2D eigenvalue weighted by Gasteiger charge is -2.09. The van der Waals surface area contributed by atoms with Crippen molar-refractivity contribution in [2.75, 3.05) is 14.2 Å². The molecule has 13 heavy (non-hydrogen) atoms. The second-order valence-electron chi connectivity index (χ2n) is 2.88. The molecule has 0 radical (unpaired) electrons. The Balaban J connectivity index is 2.95. The highest BCUT2D eigenvalue weighted by Gasteiger charge is 2.01. The molecule has 0 bridgehead atoms. The minimum atomic E-state index is 0.570. The Morgan fingerprint density at radius 1 is 1.46 bits per heavy atom. The number of methoxy groups -OCH3 is 1. The summed E-state index contributed by atoms with van der Waals surface area (Å²) in [6, 6.07) is 6.00. The molecule has 0 saturated carbocycles. The van der Waals surface area contributed by atoms with E-state index in [1.54, 1.807) is 7.11 Å². The monoisotopic (exact) mass is 180 g/mol. The number of hydrogen-bond acceptors (Lipinski definition) is 3. The van der Waals surface area contributed by atoms with E-state index in [1.807, 2.05) is 19.2 Å². The van der Waals surface area contributed by atoms with E-state index in [0.29, 0.717) is 6.54 Å². The van der Waals surface area contributed by atoms with Crippen LogP contribution in [0.4, 0.5) is 0 Å². The van der Waals surface area contributed by atoms with Gasteiger partial charge in [-0.1, -0.05) is 6.07 Å². The fourth-order valence-corrected chi connectivity index (χ4v) is 1.29. The van der Waals surface area contributed by atoms with E-state index in [4.69, 9.17) is 10.5 Å². The highest BCUT2D eigenvalue weighted by Crippen LogP contribution is 2.19. The van der Waals surface area contributed by atoms with Gasteiger partial charge in [0.1, 0.15) is 5.75 Å². The van der Waals surface area contributed by atoms with Gasteiger partial charge in [-0.25, -0.2) is 0 Å². The molecule has 3 N–H and O–H groups in total.